The molecule has 0 radical (unpaired) electrons. The molecular weight excluding hydrogens is 262 g/mol. The highest BCUT2D eigenvalue weighted by Gasteiger charge is 2.37. The molecule has 2 aliphatic heterocycles. The molecule has 21 heavy (non-hydrogen) atoms. The standard InChI is InChI=1S/C17H25N3O/c1-4-17(5-2)8-9-20(11-17)12-6-7-13-14(10-12)19(3)16(21)15(13)18/h6-7,10,15H,4-5,8-9,11,18H2,1-3H3. The first-order valence-corrected chi connectivity index (χ1v) is 7.93. The van der Waals surface area contributed by atoms with E-state index in [1.165, 1.54) is 24.9 Å². The Kier molecular flexibility index (Phi) is 3.44. The van der Waals surface area contributed by atoms with E-state index in [9.17, 15) is 4.79 Å². The van der Waals surface area contributed by atoms with Gasteiger partial charge in [0.1, 0.15) is 6.04 Å². The second kappa shape index (κ2) is 5.02. The highest BCUT2D eigenvalue weighted by atomic mass is 16.2. The largest absolute Gasteiger partial charge is 0.371 e. The minimum atomic E-state index is -0.497. The number of anilines is 2. The maximum atomic E-state index is 12.0. The molecule has 2 aliphatic rings. The van der Waals surface area contributed by atoms with Crippen LogP contribution in [0, 0.1) is 5.41 Å². The fourth-order valence-electron chi connectivity index (χ4n) is 3.73. The molecule has 1 fully saturated rings. The van der Waals surface area contributed by atoms with Gasteiger partial charge in [-0.3, -0.25) is 4.79 Å². The number of carbonyl (C=O) groups excluding carboxylic acids is 1. The molecule has 0 aromatic heterocycles. The lowest BCUT2D eigenvalue weighted by atomic mass is 9.82. The first-order valence-electron chi connectivity index (χ1n) is 7.93. The SMILES string of the molecule is CCC1(CC)CCN(c2ccc3c(c2)N(C)C(=O)C3N)C1. The third-order valence-electron chi connectivity index (χ3n) is 5.61. The van der Waals surface area contributed by atoms with Crippen molar-refractivity contribution in [2.75, 3.05) is 29.9 Å². The van der Waals surface area contributed by atoms with Gasteiger partial charge in [0.2, 0.25) is 5.91 Å². The van der Waals surface area contributed by atoms with Crippen molar-refractivity contribution >= 4 is 17.3 Å². The van der Waals surface area contributed by atoms with Crippen LogP contribution in [0.3, 0.4) is 0 Å². The predicted molar refractivity (Wildman–Crippen MR) is 86.6 cm³/mol. The number of nitrogens with zero attached hydrogens (tertiary/aromatic N) is 2. The van der Waals surface area contributed by atoms with E-state index >= 15 is 0 Å². The summed E-state index contributed by atoms with van der Waals surface area (Å²) in [6, 6.07) is 5.77. The Bertz CT molecular complexity index is 565. The van der Waals surface area contributed by atoms with Crippen molar-refractivity contribution in [2.24, 2.45) is 11.1 Å². The molecule has 1 saturated heterocycles. The molecule has 1 unspecified atom stereocenters. The minimum Gasteiger partial charge on any atom is -0.371 e. The fraction of sp³-hybridized carbons (Fsp3) is 0.588. The third-order valence-corrected chi connectivity index (χ3v) is 5.61. The lowest BCUT2D eigenvalue weighted by molar-refractivity contribution is -0.118. The number of hydrogen-bond acceptors (Lipinski definition) is 3. The Balaban J connectivity index is 1.88. The van der Waals surface area contributed by atoms with Gasteiger partial charge in [0.25, 0.3) is 0 Å². The van der Waals surface area contributed by atoms with Crippen LogP contribution in [0.15, 0.2) is 18.2 Å². The average Bonchev–Trinajstić information content (AvgIpc) is 3.05. The van der Waals surface area contributed by atoms with Gasteiger partial charge in [-0.25, -0.2) is 0 Å². The van der Waals surface area contributed by atoms with Crippen LogP contribution in [0.2, 0.25) is 0 Å². The smallest absolute Gasteiger partial charge is 0.248 e. The second-order valence-electron chi connectivity index (χ2n) is 6.50. The minimum absolute atomic E-state index is 0.0139. The number of nitrogens with two attached hydrogens (primary N) is 1. The molecular formula is C17H25N3O. The van der Waals surface area contributed by atoms with E-state index in [1.54, 1.807) is 4.90 Å². The van der Waals surface area contributed by atoms with Gasteiger partial charge in [-0.15, -0.1) is 0 Å². The molecule has 3 rings (SSSR count). The Morgan fingerprint density at radius 2 is 2.05 bits per heavy atom. The van der Waals surface area contributed by atoms with E-state index < -0.39 is 6.04 Å². The maximum Gasteiger partial charge on any atom is 0.248 e. The Labute approximate surface area is 126 Å². The first-order chi connectivity index (χ1) is 10.0. The van der Waals surface area contributed by atoms with E-state index in [-0.39, 0.29) is 5.91 Å². The summed E-state index contributed by atoms with van der Waals surface area (Å²) in [7, 11) is 1.81. The topological polar surface area (TPSA) is 49.6 Å². The van der Waals surface area contributed by atoms with Crippen molar-refractivity contribution in [1.29, 1.82) is 0 Å². The zero-order valence-corrected chi connectivity index (χ0v) is 13.2. The van der Waals surface area contributed by atoms with Crippen LogP contribution in [0.25, 0.3) is 0 Å². The van der Waals surface area contributed by atoms with Crippen molar-refractivity contribution in [2.45, 2.75) is 39.2 Å². The average molecular weight is 287 g/mol. The highest BCUT2D eigenvalue weighted by Crippen LogP contribution is 2.41. The molecule has 4 heteroatoms. The van der Waals surface area contributed by atoms with E-state index in [2.05, 4.69) is 30.9 Å². The summed E-state index contributed by atoms with van der Waals surface area (Å²) < 4.78 is 0. The molecule has 1 amide bonds. The number of benzene rings is 1. The summed E-state index contributed by atoms with van der Waals surface area (Å²) in [5.74, 6) is -0.0139. The number of amides is 1. The van der Waals surface area contributed by atoms with Crippen LogP contribution in [0.5, 0.6) is 0 Å². The zero-order chi connectivity index (χ0) is 15.2. The number of hydrogen-bond donors (Lipinski definition) is 1. The van der Waals surface area contributed by atoms with Crippen molar-refractivity contribution in [1.82, 2.24) is 0 Å². The van der Waals surface area contributed by atoms with Crippen LogP contribution in [0.4, 0.5) is 11.4 Å². The van der Waals surface area contributed by atoms with E-state index in [1.807, 2.05) is 13.1 Å². The van der Waals surface area contributed by atoms with Crippen LogP contribution in [-0.4, -0.2) is 26.0 Å². The van der Waals surface area contributed by atoms with Crippen LogP contribution >= 0.6 is 0 Å². The molecule has 114 valence electrons. The molecule has 0 spiro atoms. The monoisotopic (exact) mass is 287 g/mol. The molecule has 1 aromatic carbocycles. The molecule has 2 heterocycles. The van der Waals surface area contributed by atoms with Crippen molar-refractivity contribution in [3.63, 3.8) is 0 Å². The molecule has 4 nitrogen and oxygen atoms in total. The molecule has 0 saturated carbocycles. The first kappa shape index (κ1) is 14.4. The van der Waals surface area contributed by atoms with Gasteiger partial charge in [-0.2, -0.15) is 0 Å². The van der Waals surface area contributed by atoms with Gasteiger partial charge in [0, 0.05) is 31.4 Å². The van der Waals surface area contributed by atoms with Gasteiger partial charge in [-0.1, -0.05) is 19.9 Å². The lowest BCUT2D eigenvalue weighted by Crippen LogP contribution is -2.28. The molecule has 0 bridgehead atoms. The van der Waals surface area contributed by atoms with Gasteiger partial charge in [0.05, 0.1) is 5.69 Å². The Morgan fingerprint density at radius 3 is 2.67 bits per heavy atom. The number of rotatable bonds is 3. The van der Waals surface area contributed by atoms with Crippen molar-refractivity contribution in [3.8, 4) is 0 Å². The summed E-state index contributed by atoms with van der Waals surface area (Å²) in [5.41, 5.74) is 9.55. The third kappa shape index (κ3) is 2.13. The van der Waals surface area contributed by atoms with E-state index in [0.717, 1.165) is 24.3 Å². The normalized spacial score (nSPS) is 23.8. The van der Waals surface area contributed by atoms with Crippen molar-refractivity contribution in [3.05, 3.63) is 23.8 Å². The maximum absolute atomic E-state index is 12.0. The van der Waals surface area contributed by atoms with Crippen LogP contribution in [0.1, 0.15) is 44.7 Å². The van der Waals surface area contributed by atoms with Gasteiger partial charge < -0.3 is 15.5 Å². The Morgan fingerprint density at radius 1 is 1.33 bits per heavy atom. The van der Waals surface area contributed by atoms with Crippen LogP contribution in [-0.2, 0) is 4.79 Å². The zero-order valence-electron chi connectivity index (χ0n) is 13.2. The lowest BCUT2D eigenvalue weighted by Gasteiger charge is -2.27. The number of fused-ring (bicyclic) bond motifs is 1. The summed E-state index contributed by atoms with van der Waals surface area (Å²) in [6.45, 7) is 6.80. The summed E-state index contributed by atoms with van der Waals surface area (Å²) in [6.07, 6.45) is 3.72. The van der Waals surface area contributed by atoms with Gasteiger partial charge >= 0.3 is 0 Å². The van der Waals surface area contributed by atoms with Crippen molar-refractivity contribution < 1.29 is 4.79 Å². The van der Waals surface area contributed by atoms with E-state index in [4.69, 9.17) is 5.73 Å². The van der Waals surface area contributed by atoms with Crippen LogP contribution < -0.4 is 15.5 Å². The molecule has 1 aromatic rings. The Hall–Kier alpha value is -1.55. The van der Waals surface area contributed by atoms with E-state index in [0.29, 0.717) is 5.41 Å². The quantitative estimate of drug-likeness (QED) is 0.930. The summed E-state index contributed by atoms with van der Waals surface area (Å²) >= 11 is 0. The predicted octanol–water partition coefficient (Wildman–Crippen LogP) is 2.68. The fourth-order valence-corrected chi connectivity index (χ4v) is 3.73. The summed E-state index contributed by atoms with van der Waals surface area (Å²) in [5, 5.41) is 0. The molecule has 0 aliphatic carbocycles. The highest BCUT2D eigenvalue weighted by molar-refractivity contribution is 6.04. The second-order valence-corrected chi connectivity index (χ2v) is 6.50. The van der Waals surface area contributed by atoms with Gasteiger partial charge in [-0.05, 0) is 36.8 Å². The number of likely N-dealkylation sites (N-methyl/N-ethyl adjacent to an activating group) is 1. The van der Waals surface area contributed by atoms with Gasteiger partial charge in [0.15, 0.2) is 0 Å². The number of carbonyl (C=O) groups is 1. The molecule has 1 atom stereocenters. The summed E-state index contributed by atoms with van der Waals surface area (Å²) in [4.78, 5) is 16.1. The molecule has 2 N–H and O–H groups in total.